The maximum absolute atomic E-state index is 11.4. The zero-order valence-corrected chi connectivity index (χ0v) is 20.7. The average Bonchev–Trinajstić information content (AvgIpc) is 2.83. The van der Waals surface area contributed by atoms with E-state index < -0.39 is 0 Å². The van der Waals surface area contributed by atoms with Gasteiger partial charge in [-0.2, -0.15) is 5.57 Å². The third-order valence-electron chi connectivity index (χ3n) is 5.88. The summed E-state index contributed by atoms with van der Waals surface area (Å²) in [6.45, 7) is 8.68. The van der Waals surface area contributed by atoms with Gasteiger partial charge in [-0.25, -0.2) is 11.6 Å². The molecule has 1 radical (unpaired) electrons. The average molecular weight is 449 g/mol. The van der Waals surface area contributed by atoms with Crippen molar-refractivity contribution in [2.75, 3.05) is 0 Å². The number of carbonyl (C=O) groups excluding carboxylic acids is 1. The molecule has 1 amide bonds. The van der Waals surface area contributed by atoms with E-state index in [-0.39, 0.29) is 57.9 Å². The van der Waals surface area contributed by atoms with E-state index in [9.17, 15) is 4.79 Å². The number of amides is 1. The molecule has 145 valence electrons. The Kier molecular flexibility index (Phi) is 14.1. The minimum atomic E-state index is -0.258. The van der Waals surface area contributed by atoms with Crippen molar-refractivity contribution in [1.29, 1.82) is 0 Å². The van der Waals surface area contributed by atoms with E-state index in [4.69, 9.17) is 5.73 Å². The molecule has 4 bridgehead atoms. The van der Waals surface area contributed by atoms with E-state index in [1.54, 1.807) is 0 Å². The summed E-state index contributed by atoms with van der Waals surface area (Å²) in [7, 11) is 0.750. The van der Waals surface area contributed by atoms with Crippen molar-refractivity contribution in [2.24, 2.45) is 23.2 Å². The van der Waals surface area contributed by atoms with Crippen LogP contribution in [0.4, 0.5) is 0 Å². The van der Waals surface area contributed by atoms with Crippen molar-refractivity contribution in [2.45, 2.75) is 71.9 Å². The van der Waals surface area contributed by atoms with Gasteiger partial charge >= 0.3 is 21.7 Å². The van der Waals surface area contributed by atoms with Crippen LogP contribution in [0.25, 0.3) is 5.73 Å². The minimum Gasteiger partial charge on any atom is -1.00 e. The predicted octanol–water partition coefficient (Wildman–Crippen LogP) is -0.608. The van der Waals surface area contributed by atoms with Crippen molar-refractivity contribution >= 4 is 15.4 Å². The van der Waals surface area contributed by atoms with Crippen LogP contribution in [0.15, 0.2) is 17.2 Å². The van der Waals surface area contributed by atoms with Gasteiger partial charge in [0, 0.05) is 14.9 Å². The predicted molar refractivity (Wildman–Crippen MR) is 99.6 cm³/mol. The van der Waals surface area contributed by atoms with E-state index in [2.05, 4.69) is 39.1 Å². The molecule has 0 aromatic rings. The first-order chi connectivity index (χ1) is 10.9. The second-order valence-electron chi connectivity index (χ2n) is 8.09. The van der Waals surface area contributed by atoms with Crippen molar-refractivity contribution in [3.8, 4) is 0 Å². The number of hydrogen-bond acceptors (Lipinski definition) is 1. The summed E-state index contributed by atoms with van der Waals surface area (Å²) in [6, 6.07) is 0. The molecule has 5 aliphatic rings. The van der Waals surface area contributed by atoms with Gasteiger partial charge in [-0.15, -0.1) is 13.3 Å². The fraction of sp³-hybridized carbons (Fsp3) is 0.750. The second-order valence-corrected chi connectivity index (χ2v) is 9.25. The molecule has 6 heteroatoms. The first-order valence-electron chi connectivity index (χ1n) is 9.13. The summed E-state index contributed by atoms with van der Waals surface area (Å²) in [5.41, 5.74) is 10.1. The quantitative estimate of drug-likeness (QED) is 0.389. The third-order valence-corrected chi connectivity index (χ3v) is 5.88. The molecule has 0 aromatic carbocycles. The molecule has 5 rings (SSSR count). The summed E-state index contributed by atoms with van der Waals surface area (Å²) < 4.78 is 0. The SMILES string of the molecule is CC1=C(C)C[C-]=C1.C[SiH]C.[Cl-].[Cl-].[NH-]C(=O)C12CC3CC(CC(C3)C1)C2.[Ti+4]. The third kappa shape index (κ3) is 7.13. The molecule has 4 fully saturated rings. The topological polar surface area (TPSA) is 40.9 Å². The molecule has 26 heavy (non-hydrogen) atoms. The largest absolute Gasteiger partial charge is 4.00 e. The van der Waals surface area contributed by atoms with E-state index in [1.165, 1.54) is 30.4 Å². The van der Waals surface area contributed by atoms with Crippen LogP contribution < -0.4 is 24.8 Å². The van der Waals surface area contributed by atoms with E-state index in [0.29, 0.717) is 0 Å². The number of carbonyl (C=O) groups is 1. The maximum Gasteiger partial charge on any atom is 4.00 e. The molecule has 0 unspecified atom stereocenters. The Morgan fingerprint density at radius 1 is 1.08 bits per heavy atom. The van der Waals surface area contributed by atoms with Gasteiger partial charge in [-0.3, -0.25) is 6.08 Å². The number of nitrogens with one attached hydrogen (secondary N) is 1. The summed E-state index contributed by atoms with van der Waals surface area (Å²) in [4.78, 5) is 11.4. The van der Waals surface area contributed by atoms with Gasteiger partial charge in [0.15, 0.2) is 0 Å². The normalized spacial score (nSPS) is 32.1. The van der Waals surface area contributed by atoms with Crippen LogP contribution in [0.3, 0.4) is 0 Å². The van der Waals surface area contributed by atoms with Crippen molar-refractivity contribution in [1.82, 2.24) is 0 Å². The zero-order valence-electron chi connectivity index (χ0n) is 16.5. The smallest absolute Gasteiger partial charge is 1.00 e. The van der Waals surface area contributed by atoms with Gasteiger partial charge in [-0.1, -0.05) is 20.0 Å². The number of allylic oxidation sites excluding steroid dienone is 4. The van der Waals surface area contributed by atoms with Crippen LogP contribution in [0.2, 0.25) is 13.1 Å². The Hall–Kier alpha value is 0.461. The Labute approximate surface area is 190 Å². The van der Waals surface area contributed by atoms with Crippen molar-refractivity contribution in [3.63, 3.8) is 0 Å². The molecule has 1 N–H and O–H groups in total. The first-order valence-corrected chi connectivity index (χ1v) is 11.4. The Bertz CT molecular complexity index is 473. The second kappa shape index (κ2) is 12.8. The Morgan fingerprint density at radius 3 is 1.65 bits per heavy atom. The maximum atomic E-state index is 11.4. The summed E-state index contributed by atoms with van der Waals surface area (Å²) in [5, 5.41) is 0. The molecule has 0 spiro atoms. The fourth-order valence-electron chi connectivity index (χ4n) is 5.01. The molecule has 2 nitrogen and oxygen atoms in total. The molecule has 4 saturated carbocycles. The van der Waals surface area contributed by atoms with E-state index in [1.807, 2.05) is 0 Å². The van der Waals surface area contributed by atoms with Crippen LogP contribution in [-0.2, 0) is 26.5 Å². The monoisotopic (exact) mass is 448 g/mol. The van der Waals surface area contributed by atoms with E-state index in [0.717, 1.165) is 53.0 Å². The van der Waals surface area contributed by atoms with Crippen LogP contribution in [0.5, 0.6) is 0 Å². The van der Waals surface area contributed by atoms with Gasteiger partial charge in [0.1, 0.15) is 0 Å². The fourth-order valence-corrected chi connectivity index (χ4v) is 5.01. The molecule has 0 saturated heterocycles. The molecular weight excluding hydrogens is 417 g/mol. The van der Waals surface area contributed by atoms with Gasteiger partial charge < -0.3 is 35.3 Å². The molecule has 0 heterocycles. The molecule has 0 atom stereocenters. The van der Waals surface area contributed by atoms with Crippen LogP contribution >= 0.6 is 0 Å². The van der Waals surface area contributed by atoms with Gasteiger partial charge in [0.25, 0.3) is 0 Å². The van der Waals surface area contributed by atoms with Crippen molar-refractivity contribution < 1.29 is 51.3 Å². The molecule has 0 aromatic heterocycles. The first kappa shape index (κ1) is 28.7. The van der Waals surface area contributed by atoms with Gasteiger partial charge in [0.05, 0.1) is 5.91 Å². The van der Waals surface area contributed by atoms with Crippen LogP contribution in [0.1, 0.15) is 58.8 Å². The summed E-state index contributed by atoms with van der Waals surface area (Å²) >= 11 is 0. The van der Waals surface area contributed by atoms with Crippen LogP contribution in [0, 0.1) is 29.2 Å². The van der Waals surface area contributed by atoms with Gasteiger partial charge in [0.2, 0.25) is 0 Å². The van der Waals surface area contributed by atoms with E-state index >= 15 is 0 Å². The summed E-state index contributed by atoms with van der Waals surface area (Å²) in [5.74, 6) is 2.12. The van der Waals surface area contributed by atoms with Crippen molar-refractivity contribution in [3.05, 3.63) is 29.0 Å². The Balaban J connectivity index is 0. The zero-order chi connectivity index (χ0) is 17.0. The van der Waals surface area contributed by atoms with Crippen LogP contribution in [-0.4, -0.2) is 15.4 Å². The standard InChI is InChI=1S/C11H17NO.C7H9.C2H7Si.2ClH.Ti/c12-10(13)11-4-7-1-8(5-11)3-9(2-7)6-11;1-6-4-3-5-7(6)2;1-3-2;;;/h7-9H,1-6H2,(H2,12,13);4H,5H2,1-2H3;3H,1-2H3;2*1H;/q;-1;;;;+4/p-3. The number of halogens is 2. The van der Waals surface area contributed by atoms with Gasteiger partial charge in [-0.05, 0) is 56.3 Å². The Morgan fingerprint density at radius 2 is 1.46 bits per heavy atom. The molecule has 0 aliphatic heterocycles. The number of hydrogen-bond donors (Lipinski definition) is 0. The molecule has 5 aliphatic carbocycles. The minimum absolute atomic E-state index is 0. The number of rotatable bonds is 1. The molecular formula is C20H32Cl2NOSiTi. The summed E-state index contributed by atoms with van der Waals surface area (Å²) in [6.07, 6.45) is 13.4.